The zero-order valence-corrected chi connectivity index (χ0v) is 19.5. The van der Waals surface area contributed by atoms with Gasteiger partial charge in [-0.2, -0.15) is 0 Å². The largest absolute Gasteiger partial charge is 0.492 e. The first-order valence-electron chi connectivity index (χ1n) is 11.4. The lowest BCUT2D eigenvalue weighted by Gasteiger charge is -2.12. The molecule has 0 spiro atoms. The summed E-state index contributed by atoms with van der Waals surface area (Å²) in [6.45, 7) is 1.18. The van der Waals surface area contributed by atoms with Crippen LogP contribution in [-0.4, -0.2) is 43.5 Å². The Morgan fingerprint density at radius 1 is 0.914 bits per heavy atom. The minimum absolute atomic E-state index is 0.00200. The molecule has 9 heteroatoms. The van der Waals surface area contributed by atoms with Crippen LogP contribution in [0.4, 0.5) is 0 Å². The first kappa shape index (κ1) is 25.7. The van der Waals surface area contributed by atoms with Gasteiger partial charge in [-0.1, -0.05) is 24.6 Å². The summed E-state index contributed by atoms with van der Waals surface area (Å²) in [5.41, 5.74) is 17.8. The molecule has 0 saturated carbocycles. The summed E-state index contributed by atoms with van der Waals surface area (Å²) in [5, 5.41) is 12.0. The van der Waals surface area contributed by atoms with Crippen molar-refractivity contribution in [2.45, 2.75) is 25.3 Å². The van der Waals surface area contributed by atoms with Crippen molar-refractivity contribution in [1.82, 2.24) is 5.32 Å². The SMILES string of the molecule is N=C(N)c1ccc2cc(OC(=O)c3ccc(OCCNC(=O)[C@@H](N)CCCCN)cc3)ccc2c1. The lowest BCUT2D eigenvalue weighted by Crippen LogP contribution is -2.42. The molecule has 0 heterocycles. The molecule has 35 heavy (non-hydrogen) atoms. The first-order valence-corrected chi connectivity index (χ1v) is 11.4. The number of ether oxygens (including phenoxy) is 2. The standard InChI is InChI=1S/C26H31N5O4/c27-12-2-1-3-23(28)25(32)31-13-14-34-21-9-6-17(7-10-21)26(33)35-22-11-8-18-15-20(24(29)30)5-4-19(18)16-22/h4-11,15-16,23H,1-3,12-14,27-28H2,(H3,29,30)(H,31,32)/t23-/m0/s1. The molecule has 1 amide bonds. The van der Waals surface area contributed by atoms with Gasteiger partial charge in [-0.25, -0.2) is 4.79 Å². The number of amides is 1. The number of nitrogens with two attached hydrogens (primary N) is 3. The molecule has 1 atom stereocenters. The Morgan fingerprint density at radius 3 is 2.29 bits per heavy atom. The number of unbranched alkanes of at least 4 members (excludes halogenated alkanes) is 1. The Morgan fingerprint density at radius 2 is 1.57 bits per heavy atom. The molecule has 0 fully saturated rings. The van der Waals surface area contributed by atoms with Crippen LogP contribution in [0, 0.1) is 5.41 Å². The van der Waals surface area contributed by atoms with E-state index in [-0.39, 0.29) is 18.3 Å². The highest BCUT2D eigenvalue weighted by molar-refractivity contribution is 5.99. The molecule has 0 aromatic heterocycles. The van der Waals surface area contributed by atoms with E-state index in [4.69, 9.17) is 32.1 Å². The van der Waals surface area contributed by atoms with Gasteiger partial charge in [-0.3, -0.25) is 10.2 Å². The van der Waals surface area contributed by atoms with Gasteiger partial charge in [0.2, 0.25) is 5.91 Å². The summed E-state index contributed by atoms with van der Waals surface area (Å²) in [5.74, 6) is 0.270. The molecule has 0 aliphatic rings. The predicted octanol–water partition coefficient (Wildman–Crippen LogP) is 2.29. The quantitative estimate of drug-likeness (QED) is 0.0877. The lowest BCUT2D eigenvalue weighted by molar-refractivity contribution is -0.122. The molecule has 184 valence electrons. The summed E-state index contributed by atoms with van der Waals surface area (Å²) in [6, 6.07) is 16.7. The van der Waals surface area contributed by atoms with Gasteiger partial charge >= 0.3 is 5.97 Å². The third-order valence-corrected chi connectivity index (χ3v) is 5.40. The second-order valence-corrected chi connectivity index (χ2v) is 8.08. The number of fused-ring (bicyclic) bond motifs is 1. The Hall–Kier alpha value is -3.95. The number of carbonyl (C=O) groups is 2. The van der Waals surface area contributed by atoms with E-state index in [0.29, 0.717) is 42.1 Å². The maximum absolute atomic E-state index is 12.5. The second kappa shape index (κ2) is 12.5. The van der Waals surface area contributed by atoms with Crippen LogP contribution in [-0.2, 0) is 4.79 Å². The molecular formula is C26H31N5O4. The number of hydrogen-bond donors (Lipinski definition) is 5. The van der Waals surface area contributed by atoms with Crippen molar-refractivity contribution in [3.63, 3.8) is 0 Å². The van der Waals surface area contributed by atoms with Gasteiger partial charge in [0.1, 0.15) is 23.9 Å². The molecule has 8 N–H and O–H groups in total. The maximum atomic E-state index is 12.5. The number of esters is 1. The topological polar surface area (TPSA) is 167 Å². The molecule has 0 bridgehead atoms. The highest BCUT2D eigenvalue weighted by Gasteiger charge is 2.12. The molecule has 0 unspecified atom stereocenters. The van der Waals surface area contributed by atoms with Crippen LogP contribution in [0.25, 0.3) is 10.8 Å². The monoisotopic (exact) mass is 477 g/mol. The van der Waals surface area contributed by atoms with Crippen LogP contribution in [0.5, 0.6) is 11.5 Å². The van der Waals surface area contributed by atoms with E-state index in [1.165, 1.54) is 0 Å². The number of nitrogen functional groups attached to an aromatic ring is 1. The zero-order valence-electron chi connectivity index (χ0n) is 19.5. The predicted molar refractivity (Wildman–Crippen MR) is 136 cm³/mol. The fourth-order valence-corrected chi connectivity index (χ4v) is 3.42. The summed E-state index contributed by atoms with van der Waals surface area (Å²) in [6.07, 6.45) is 2.26. The van der Waals surface area contributed by atoms with E-state index in [2.05, 4.69) is 5.32 Å². The van der Waals surface area contributed by atoms with Crippen molar-refractivity contribution in [2.24, 2.45) is 17.2 Å². The third-order valence-electron chi connectivity index (χ3n) is 5.40. The van der Waals surface area contributed by atoms with Crippen LogP contribution in [0.2, 0.25) is 0 Å². The van der Waals surface area contributed by atoms with Gasteiger partial charge < -0.3 is 32.0 Å². The van der Waals surface area contributed by atoms with Gasteiger partial charge in [0.05, 0.1) is 18.2 Å². The van der Waals surface area contributed by atoms with Gasteiger partial charge in [-0.15, -0.1) is 0 Å². The van der Waals surface area contributed by atoms with Crippen LogP contribution in [0.15, 0.2) is 60.7 Å². The molecule has 0 saturated heterocycles. The highest BCUT2D eigenvalue weighted by Crippen LogP contribution is 2.23. The summed E-state index contributed by atoms with van der Waals surface area (Å²) in [7, 11) is 0. The second-order valence-electron chi connectivity index (χ2n) is 8.08. The number of carbonyl (C=O) groups excluding carboxylic acids is 2. The Balaban J connectivity index is 1.47. The van der Waals surface area contributed by atoms with Gasteiger partial charge in [0, 0.05) is 5.56 Å². The van der Waals surface area contributed by atoms with E-state index in [1.54, 1.807) is 42.5 Å². The average molecular weight is 478 g/mol. The number of benzene rings is 3. The minimum Gasteiger partial charge on any atom is -0.492 e. The van der Waals surface area contributed by atoms with Crippen LogP contribution < -0.4 is 32.0 Å². The van der Waals surface area contributed by atoms with Crippen molar-refractivity contribution < 1.29 is 19.1 Å². The van der Waals surface area contributed by atoms with Gasteiger partial charge in [0.25, 0.3) is 0 Å². The average Bonchev–Trinajstić information content (AvgIpc) is 2.86. The Kier molecular flexibility index (Phi) is 9.16. The van der Waals surface area contributed by atoms with Gasteiger partial charge in [0.15, 0.2) is 0 Å². The highest BCUT2D eigenvalue weighted by atomic mass is 16.5. The van der Waals surface area contributed by atoms with Crippen LogP contribution in [0.1, 0.15) is 35.2 Å². The van der Waals surface area contributed by atoms with E-state index in [0.717, 1.165) is 23.6 Å². The fourth-order valence-electron chi connectivity index (χ4n) is 3.42. The molecular weight excluding hydrogens is 446 g/mol. The normalized spacial score (nSPS) is 11.6. The number of nitrogens with one attached hydrogen (secondary N) is 2. The first-order chi connectivity index (χ1) is 16.9. The maximum Gasteiger partial charge on any atom is 0.343 e. The molecule has 3 rings (SSSR count). The number of rotatable bonds is 12. The van der Waals surface area contributed by atoms with Crippen LogP contribution >= 0.6 is 0 Å². The van der Waals surface area contributed by atoms with E-state index in [1.807, 2.05) is 18.2 Å². The van der Waals surface area contributed by atoms with Crippen molar-refractivity contribution >= 4 is 28.5 Å². The van der Waals surface area contributed by atoms with E-state index >= 15 is 0 Å². The molecule has 0 aliphatic heterocycles. The third kappa shape index (κ3) is 7.53. The lowest BCUT2D eigenvalue weighted by atomic mass is 10.1. The molecule has 9 nitrogen and oxygen atoms in total. The number of amidine groups is 1. The Labute approximate surface area is 204 Å². The van der Waals surface area contributed by atoms with Crippen molar-refractivity contribution in [3.05, 3.63) is 71.8 Å². The molecule has 3 aromatic carbocycles. The number of hydrogen-bond acceptors (Lipinski definition) is 7. The van der Waals surface area contributed by atoms with Crippen molar-refractivity contribution in [2.75, 3.05) is 19.7 Å². The van der Waals surface area contributed by atoms with Gasteiger partial charge in [-0.05, 0) is 72.6 Å². The molecule has 0 radical (unpaired) electrons. The zero-order chi connectivity index (χ0) is 25.2. The summed E-state index contributed by atoms with van der Waals surface area (Å²) in [4.78, 5) is 24.5. The summed E-state index contributed by atoms with van der Waals surface area (Å²) < 4.78 is 11.1. The van der Waals surface area contributed by atoms with Crippen LogP contribution in [0.3, 0.4) is 0 Å². The minimum atomic E-state index is -0.549. The van der Waals surface area contributed by atoms with Crippen molar-refractivity contribution in [3.8, 4) is 11.5 Å². The van der Waals surface area contributed by atoms with E-state index in [9.17, 15) is 9.59 Å². The molecule has 3 aromatic rings. The van der Waals surface area contributed by atoms with Crippen molar-refractivity contribution in [1.29, 1.82) is 5.41 Å². The fraction of sp³-hybridized carbons (Fsp3) is 0.269. The van der Waals surface area contributed by atoms with E-state index < -0.39 is 12.0 Å². The molecule has 0 aliphatic carbocycles. The Bertz CT molecular complexity index is 1180. The smallest absolute Gasteiger partial charge is 0.343 e. The summed E-state index contributed by atoms with van der Waals surface area (Å²) >= 11 is 0.